The van der Waals surface area contributed by atoms with E-state index in [2.05, 4.69) is 6.58 Å². The van der Waals surface area contributed by atoms with Crippen molar-refractivity contribution < 1.29 is 9.53 Å². The van der Waals surface area contributed by atoms with Crippen molar-refractivity contribution in [3.05, 3.63) is 12.7 Å². The van der Waals surface area contributed by atoms with Gasteiger partial charge >= 0.3 is 5.97 Å². The summed E-state index contributed by atoms with van der Waals surface area (Å²) < 4.78 is 4.94. The number of rotatable bonds is 4. The third-order valence-corrected chi connectivity index (χ3v) is 2.66. The van der Waals surface area contributed by atoms with Crippen LogP contribution in [0.25, 0.3) is 0 Å². The van der Waals surface area contributed by atoms with Crippen LogP contribution in [0.3, 0.4) is 0 Å². The van der Waals surface area contributed by atoms with Crippen LogP contribution in [0.2, 0.25) is 0 Å². The highest BCUT2D eigenvalue weighted by molar-refractivity contribution is 5.81. The molecule has 0 heterocycles. The van der Waals surface area contributed by atoms with Crippen LogP contribution in [0.4, 0.5) is 0 Å². The topological polar surface area (TPSA) is 26.3 Å². The van der Waals surface area contributed by atoms with E-state index in [1.165, 1.54) is 38.2 Å². The Kier molecular flexibility index (Phi) is 4.58. The monoisotopic (exact) mass is 182 g/mol. The third-order valence-electron chi connectivity index (χ3n) is 2.66. The molecule has 74 valence electrons. The van der Waals surface area contributed by atoms with Gasteiger partial charge in [0.2, 0.25) is 0 Å². The van der Waals surface area contributed by atoms with Crippen molar-refractivity contribution in [3.63, 3.8) is 0 Å². The van der Waals surface area contributed by atoms with Gasteiger partial charge < -0.3 is 4.74 Å². The zero-order valence-corrected chi connectivity index (χ0v) is 8.13. The van der Waals surface area contributed by atoms with Crippen molar-refractivity contribution in [1.82, 2.24) is 0 Å². The molecule has 0 bridgehead atoms. The van der Waals surface area contributed by atoms with Crippen molar-refractivity contribution in [2.24, 2.45) is 5.92 Å². The second-order valence-electron chi connectivity index (χ2n) is 3.66. The number of ether oxygens (including phenoxy) is 1. The molecule has 1 fully saturated rings. The molecule has 1 rings (SSSR count). The first-order chi connectivity index (χ1) is 6.33. The van der Waals surface area contributed by atoms with Gasteiger partial charge in [0.25, 0.3) is 0 Å². The number of hydrogen-bond donors (Lipinski definition) is 0. The highest BCUT2D eigenvalue weighted by Gasteiger charge is 2.13. The maximum Gasteiger partial charge on any atom is 0.330 e. The maximum atomic E-state index is 10.7. The molecule has 0 amide bonds. The van der Waals surface area contributed by atoms with Crippen LogP contribution in [0.5, 0.6) is 0 Å². The number of esters is 1. The highest BCUT2D eigenvalue weighted by Crippen LogP contribution is 2.25. The van der Waals surface area contributed by atoms with Crippen LogP contribution in [-0.4, -0.2) is 12.6 Å². The molecule has 0 atom stereocenters. The summed E-state index contributed by atoms with van der Waals surface area (Å²) in [6.07, 6.45) is 8.95. The van der Waals surface area contributed by atoms with Gasteiger partial charge in [-0.2, -0.15) is 0 Å². The molecule has 0 aromatic heterocycles. The average molecular weight is 182 g/mol. The lowest BCUT2D eigenvalue weighted by Gasteiger charge is -2.20. The summed E-state index contributed by atoms with van der Waals surface area (Å²) in [6, 6.07) is 0. The van der Waals surface area contributed by atoms with E-state index in [1.807, 2.05) is 0 Å². The molecule has 2 nitrogen and oxygen atoms in total. The molecule has 1 saturated carbocycles. The Morgan fingerprint density at radius 2 is 2.08 bits per heavy atom. The minimum absolute atomic E-state index is 0.296. The van der Waals surface area contributed by atoms with Crippen LogP contribution < -0.4 is 0 Å². The molecule has 0 aliphatic heterocycles. The van der Waals surface area contributed by atoms with Crippen molar-refractivity contribution >= 4 is 5.97 Å². The predicted octanol–water partition coefficient (Wildman–Crippen LogP) is 2.69. The van der Waals surface area contributed by atoms with Gasteiger partial charge in [-0.15, -0.1) is 0 Å². The molecule has 0 N–H and O–H groups in total. The molecule has 0 unspecified atom stereocenters. The van der Waals surface area contributed by atoms with E-state index in [0.29, 0.717) is 6.61 Å². The Morgan fingerprint density at radius 1 is 1.38 bits per heavy atom. The summed E-state index contributed by atoms with van der Waals surface area (Å²) in [5, 5.41) is 0. The molecule has 13 heavy (non-hydrogen) atoms. The van der Waals surface area contributed by atoms with Gasteiger partial charge in [0, 0.05) is 6.08 Å². The van der Waals surface area contributed by atoms with Gasteiger partial charge in [-0.1, -0.05) is 38.7 Å². The summed E-state index contributed by atoms with van der Waals surface area (Å²) in [7, 11) is 0. The van der Waals surface area contributed by atoms with Gasteiger partial charge in [0.15, 0.2) is 0 Å². The van der Waals surface area contributed by atoms with E-state index in [-0.39, 0.29) is 5.97 Å². The van der Waals surface area contributed by atoms with Gasteiger partial charge in [-0.05, 0) is 12.3 Å². The van der Waals surface area contributed by atoms with Crippen LogP contribution >= 0.6 is 0 Å². The van der Waals surface area contributed by atoms with Crippen molar-refractivity contribution in [2.45, 2.75) is 38.5 Å². The number of hydrogen-bond acceptors (Lipinski definition) is 2. The summed E-state index contributed by atoms with van der Waals surface area (Å²) in [5.41, 5.74) is 0. The normalized spacial score (nSPS) is 18.2. The van der Waals surface area contributed by atoms with Crippen molar-refractivity contribution in [1.29, 1.82) is 0 Å². The zero-order valence-electron chi connectivity index (χ0n) is 8.13. The SMILES string of the molecule is C=CC(=O)OCCC1CCCCC1. The summed E-state index contributed by atoms with van der Waals surface area (Å²) in [6.45, 7) is 3.92. The predicted molar refractivity (Wildman–Crippen MR) is 52.3 cm³/mol. The van der Waals surface area contributed by atoms with Gasteiger partial charge in [-0.25, -0.2) is 4.79 Å². The molecule has 0 spiro atoms. The largest absolute Gasteiger partial charge is 0.463 e. The fourth-order valence-electron chi connectivity index (χ4n) is 1.86. The van der Waals surface area contributed by atoms with Gasteiger partial charge in [-0.3, -0.25) is 0 Å². The van der Waals surface area contributed by atoms with E-state index in [4.69, 9.17) is 4.74 Å². The van der Waals surface area contributed by atoms with E-state index < -0.39 is 0 Å². The standard InChI is InChI=1S/C11H18O2/c1-2-11(12)13-9-8-10-6-4-3-5-7-10/h2,10H,1,3-9H2. The second-order valence-corrected chi connectivity index (χ2v) is 3.66. The van der Waals surface area contributed by atoms with Crippen LogP contribution in [0, 0.1) is 5.92 Å². The third kappa shape index (κ3) is 4.11. The van der Waals surface area contributed by atoms with Crippen molar-refractivity contribution in [2.75, 3.05) is 6.61 Å². The maximum absolute atomic E-state index is 10.7. The van der Waals surface area contributed by atoms with E-state index in [9.17, 15) is 4.79 Å². The van der Waals surface area contributed by atoms with E-state index in [0.717, 1.165) is 12.3 Å². The molecule has 0 aromatic rings. The summed E-state index contributed by atoms with van der Waals surface area (Å²) in [5.74, 6) is 0.488. The van der Waals surface area contributed by atoms with Crippen LogP contribution in [-0.2, 0) is 9.53 Å². The highest BCUT2D eigenvalue weighted by atomic mass is 16.5. The first kappa shape index (κ1) is 10.3. The molecular weight excluding hydrogens is 164 g/mol. The fraction of sp³-hybridized carbons (Fsp3) is 0.727. The smallest absolute Gasteiger partial charge is 0.330 e. The molecule has 0 saturated heterocycles. The van der Waals surface area contributed by atoms with Crippen molar-refractivity contribution in [3.8, 4) is 0 Å². The lowest BCUT2D eigenvalue weighted by atomic mass is 9.87. The molecule has 0 radical (unpaired) electrons. The molecule has 0 aromatic carbocycles. The number of carbonyl (C=O) groups excluding carboxylic acids is 1. The van der Waals surface area contributed by atoms with E-state index in [1.54, 1.807) is 0 Å². The molecular formula is C11H18O2. The lowest BCUT2D eigenvalue weighted by molar-refractivity contribution is -0.138. The molecule has 1 aliphatic rings. The minimum Gasteiger partial charge on any atom is -0.463 e. The Bertz CT molecular complexity index is 169. The quantitative estimate of drug-likeness (QED) is 0.493. The van der Waals surface area contributed by atoms with Crippen LogP contribution in [0.15, 0.2) is 12.7 Å². The first-order valence-corrected chi connectivity index (χ1v) is 5.12. The molecule has 1 aliphatic carbocycles. The average Bonchev–Trinajstić information content (AvgIpc) is 2.19. The number of carbonyl (C=O) groups is 1. The minimum atomic E-state index is -0.296. The Labute approximate surface area is 80.0 Å². The first-order valence-electron chi connectivity index (χ1n) is 5.12. The van der Waals surface area contributed by atoms with E-state index >= 15 is 0 Å². The molecule has 2 heteroatoms. The second kappa shape index (κ2) is 5.79. The fourth-order valence-corrected chi connectivity index (χ4v) is 1.86. The lowest BCUT2D eigenvalue weighted by Crippen LogP contribution is -2.11. The zero-order chi connectivity index (χ0) is 9.52. The van der Waals surface area contributed by atoms with Gasteiger partial charge in [0.05, 0.1) is 6.61 Å². The Morgan fingerprint density at radius 3 is 2.69 bits per heavy atom. The van der Waals surface area contributed by atoms with Crippen LogP contribution in [0.1, 0.15) is 38.5 Å². The summed E-state index contributed by atoms with van der Waals surface area (Å²) in [4.78, 5) is 10.7. The Balaban J connectivity index is 2.04. The Hall–Kier alpha value is -0.790. The summed E-state index contributed by atoms with van der Waals surface area (Å²) >= 11 is 0. The van der Waals surface area contributed by atoms with Gasteiger partial charge in [0.1, 0.15) is 0 Å².